The van der Waals surface area contributed by atoms with Crippen LogP contribution in [-0.2, 0) is 7.05 Å². The summed E-state index contributed by atoms with van der Waals surface area (Å²) in [5.41, 5.74) is 5.22. The Labute approximate surface area is 94.5 Å². The summed E-state index contributed by atoms with van der Waals surface area (Å²) in [5, 5.41) is 2.61. The summed E-state index contributed by atoms with van der Waals surface area (Å²) in [6.07, 6.45) is 3.79. The van der Waals surface area contributed by atoms with Gasteiger partial charge in [-0.3, -0.25) is 4.98 Å². The van der Waals surface area contributed by atoms with E-state index in [4.69, 9.17) is 0 Å². The van der Waals surface area contributed by atoms with Crippen molar-refractivity contribution in [2.75, 3.05) is 0 Å². The molecule has 3 aromatic rings. The molecule has 3 rings (SSSR count). The van der Waals surface area contributed by atoms with E-state index in [1.807, 2.05) is 12.4 Å². The van der Waals surface area contributed by atoms with Crippen LogP contribution in [0.25, 0.3) is 21.8 Å². The van der Waals surface area contributed by atoms with Gasteiger partial charge >= 0.3 is 0 Å². The summed E-state index contributed by atoms with van der Waals surface area (Å²) in [6.45, 7) is 4.34. The Morgan fingerprint density at radius 3 is 2.69 bits per heavy atom. The van der Waals surface area contributed by atoms with Gasteiger partial charge in [-0.15, -0.1) is 0 Å². The molecular weight excluding hydrogens is 196 g/mol. The van der Waals surface area contributed by atoms with Crippen LogP contribution in [0.2, 0.25) is 0 Å². The normalized spacial score (nSPS) is 11.4. The number of nitrogens with zero attached hydrogens (tertiary/aromatic N) is 2. The first-order valence-corrected chi connectivity index (χ1v) is 5.48. The highest BCUT2D eigenvalue weighted by Crippen LogP contribution is 2.30. The molecule has 0 atom stereocenters. The third-order valence-corrected chi connectivity index (χ3v) is 3.49. The second-order valence-electron chi connectivity index (χ2n) is 4.36. The van der Waals surface area contributed by atoms with E-state index in [0.717, 1.165) is 0 Å². The SMILES string of the molecule is Cc1ccc2c3ccncc3n(C)c2c1C. The van der Waals surface area contributed by atoms with Crippen LogP contribution in [0.4, 0.5) is 0 Å². The summed E-state index contributed by atoms with van der Waals surface area (Å²) >= 11 is 0. The lowest BCUT2D eigenvalue weighted by Crippen LogP contribution is -1.91. The molecule has 80 valence electrons. The monoisotopic (exact) mass is 210 g/mol. The van der Waals surface area contributed by atoms with Gasteiger partial charge in [0, 0.05) is 24.0 Å². The van der Waals surface area contributed by atoms with Gasteiger partial charge in [-0.25, -0.2) is 0 Å². The maximum absolute atomic E-state index is 4.20. The molecule has 0 amide bonds. The topological polar surface area (TPSA) is 17.8 Å². The molecule has 0 radical (unpaired) electrons. The van der Waals surface area contributed by atoms with Crippen LogP contribution >= 0.6 is 0 Å². The molecule has 0 N–H and O–H groups in total. The van der Waals surface area contributed by atoms with E-state index >= 15 is 0 Å². The van der Waals surface area contributed by atoms with Crippen molar-refractivity contribution in [3.05, 3.63) is 41.7 Å². The first-order chi connectivity index (χ1) is 7.70. The van der Waals surface area contributed by atoms with Crippen LogP contribution < -0.4 is 0 Å². The van der Waals surface area contributed by atoms with E-state index in [-0.39, 0.29) is 0 Å². The van der Waals surface area contributed by atoms with Crippen LogP contribution in [-0.4, -0.2) is 9.55 Å². The Morgan fingerprint density at radius 1 is 1.06 bits per heavy atom. The van der Waals surface area contributed by atoms with Crippen molar-refractivity contribution in [1.29, 1.82) is 0 Å². The minimum absolute atomic E-state index is 1.20. The Morgan fingerprint density at radius 2 is 1.88 bits per heavy atom. The molecule has 2 aromatic heterocycles. The third kappa shape index (κ3) is 1.04. The Balaban J connectivity index is 2.67. The van der Waals surface area contributed by atoms with Gasteiger partial charge in [-0.2, -0.15) is 0 Å². The molecule has 0 spiro atoms. The highest BCUT2D eigenvalue weighted by Gasteiger charge is 2.10. The van der Waals surface area contributed by atoms with Crippen LogP contribution in [0, 0.1) is 13.8 Å². The number of aryl methyl sites for hydroxylation is 3. The van der Waals surface area contributed by atoms with E-state index in [9.17, 15) is 0 Å². The summed E-state index contributed by atoms with van der Waals surface area (Å²) in [5.74, 6) is 0. The molecule has 1 aromatic carbocycles. The molecule has 0 aliphatic carbocycles. The van der Waals surface area contributed by atoms with Gasteiger partial charge in [-0.05, 0) is 31.0 Å². The van der Waals surface area contributed by atoms with Gasteiger partial charge in [-0.1, -0.05) is 12.1 Å². The van der Waals surface area contributed by atoms with Crippen molar-refractivity contribution >= 4 is 21.8 Å². The van der Waals surface area contributed by atoms with Gasteiger partial charge in [0.05, 0.1) is 17.2 Å². The van der Waals surface area contributed by atoms with Crippen LogP contribution in [0.1, 0.15) is 11.1 Å². The van der Waals surface area contributed by atoms with Crippen LogP contribution in [0.5, 0.6) is 0 Å². The van der Waals surface area contributed by atoms with Crippen molar-refractivity contribution in [2.24, 2.45) is 7.05 Å². The van der Waals surface area contributed by atoms with E-state index < -0.39 is 0 Å². The number of aromatic nitrogens is 2. The number of benzene rings is 1. The Hall–Kier alpha value is -1.83. The average Bonchev–Trinajstić information content (AvgIpc) is 2.59. The number of fused-ring (bicyclic) bond motifs is 3. The molecule has 16 heavy (non-hydrogen) atoms. The predicted molar refractivity (Wildman–Crippen MR) is 67.7 cm³/mol. The quantitative estimate of drug-likeness (QED) is 0.556. The summed E-state index contributed by atoms with van der Waals surface area (Å²) in [7, 11) is 2.11. The molecule has 0 saturated heterocycles. The van der Waals surface area contributed by atoms with Gasteiger partial charge in [0.1, 0.15) is 0 Å². The van der Waals surface area contributed by atoms with Crippen molar-refractivity contribution in [2.45, 2.75) is 13.8 Å². The molecule has 0 aliphatic rings. The molecule has 0 fully saturated rings. The number of hydrogen-bond acceptors (Lipinski definition) is 1. The fourth-order valence-corrected chi connectivity index (χ4v) is 2.45. The van der Waals surface area contributed by atoms with E-state index in [1.165, 1.54) is 32.9 Å². The van der Waals surface area contributed by atoms with Crippen molar-refractivity contribution in [1.82, 2.24) is 9.55 Å². The minimum Gasteiger partial charge on any atom is -0.342 e. The minimum atomic E-state index is 1.20. The Kier molecular flexibility index (Phi) is 1.81. The zero-order valence-electron chi connectivity index (χ0n) is 9.78. The average molecular weight is 210 g/mol. The van der Waals surface area contributed by atoms with Crippen molar-refractivity contribution < 1.29 is 0 Å². The Bertz CT molecular complexity index is 693. The fraction of sp³-hybridized carbons (Fsp3) is 0.214. The second kappa shape index (κ2) is 3.08. The van der Waals surface area contributed by atoms with Crippen molar-refractivity contribution in [3.63, 3.8) is 0 Å². The van der Waals surface area contributed by atoms with E-state index in [0.29, 0.717) is 0 Å². The molecule has 2 heterocycles. The lowest BCUT2D eigenvalue weighted by Gasteiger charge is -2.04. The summed E-state index contributed by atoms with van der Waals surface area (Å²) in [4.78, 5) is 4.20. The number of hydrogen-bond donors (Lipinski definition) is 0. The fourth-order valence-electron chi connectivity index (χ4n) is 2.45. The first kappa shape index (κ1) is 9.40. The number of rotatable bonds is 0. The van der Waals surface area contributed by atoms with Crippen LogP contribution in [0.15, 0.2) is 30.6 Å². The zero-order valence-corrected chi connectivity index (χ0v) is 9.78. The van der Waals surface area contributed by atoms with Gasteiger partial charge in [0.2, 0.25) is 0 Å². The molecule has 0 unspecified atom stereocenters. The number of pyridine rings is 1. The summed E-state index contributed by atoms with van der Waals surface area (Å²) < 4.78 is 2.24. The van der Waals surface area contributed by atoms with Crippen molar-refractivity contribution in [3.8, 4) is 0 Å². The second-order valence-corrected chi connectivity index (χ2v) is 4.36. The van der Waals surface area contributed by atoms with Gasteiger partial charge < -0.3 is 4.57 Å². The lowest BCUT2D eigenvalue weighted by atomic mass is 10.1. The first-order valence-electron chi connectivity index (χ1n) is 5.48. The molecular formula is C14H14N2. The van der Waals surface area contributed by atoms with E-state index in [1.54, 1.807) is 0 Å². The molecule has 0 bridgehead atoms. The predicted octanol–water partition coefficient (Wildman–Crippen LogP) is 3.34. The standard InChI is InChI=1S/C14H14N2/c1-9-4-5-12-11-6-7-15-8-13(11)16(3)14(12)10(9)2/h4-8H,1-3H3. The molecule has 2 heteroatoms. The largest absolute Gasteiger partial charge is 0.342 e. The highest BCUT2D eigenvalue weighted by molar-refractivity contribution is 6.08. The zero-order chi connectivity index (χ0) is 11.3. The maximum Gasteiger partial charge on any atom is 0.0675 e. The third-order valence-electron chi connectivity index (χ3n) is 3.49. The van der Waals surface area contributed by atoms with Crippen LogP contribution in [0.3, 0.4) is 0 Å². The van der Waals surface area contributed by atoms with E-state index in [2.05, 4.69) is 48.6 Å². The molecule has 2 nitrogen and oxygen atoms in total. The molecule has 0 saturated carbocycles. The lowest BCUT2D eigenvalue weighted by molar-refractivity contribution is 1.00. The highest BCUT2D eigenvalue weighted by atomic mass is 14.9. The maximum atomic E-state index is 4.20. The van der Waals surface area contributed by atoms with Gasteiger partial charge in [0.25, 0.3) is 0 Å². The summed E-state index contributed by atoms with van der Waals surface area (Å²) in [6, 6.07) is 6.49. The molecule has 0 aliphatic heterocycles. The van der Waals surface area contributed by atoms with Gasteiger partial charge in [0.15, 0.2) is 0 Å². The smallest absolute Gasteiger partial charge is 0.0675 e.